The molecule has 2 unspecified atom stereocenters. The molecule has 1 heterocycles. The molecule has 0 radical (unpaired) electrons. The lowest BCUT2D eigenvalue weighted by molar-refractivity contribution is 0.225. The van der Waals surface area contributed by atoms with Crippen molar-refractivity contribution in [1.29, 1.82) is 0 Å². The molecule has 1 fully saturated rings. The van der Waals surface area contributed by atoms with Gasteiger partial charge >= 0.3 is 0 Å². The van der Waals surface area contributed by atoms with Crippen LogP contribution < -0.4 is 10.5 Å². The van der Waals surface area contributed by atoms with Crippen molar-refractivity contribution < 1.29 is 9.13 Å². The van der Waals surface area contributed by atoms with Gasteiger partial charge in [0.1, 0.15) is 6.61 Å². The van der Waals surface area contributed by atoms with Gasteiger partial charge in [-0.25, -0.2) is 4.39 Å². The summed E-state index contributed by atoms with van der Waals surface area (Å²) < 4.78 is 18.7. The average molecular weight is 252 g/mol. The van der Waals surface area contributed by atoms with E-state index in [1.54, 1.807) is 18.2 Å². The van der Waals surface area contributed by atoms with Gasteiger partial charge in [0, 0.05) is 19.1 Å². The Labute approximate surface area is 108 Å². The fourth-order valence-corrected chi connectivity index (χ4v) is 2.34. The molecule has 4 heteroatoms. The Kier molecular flexibility index (Phi) is 4.55. The van der Waals surface area contributed by atoms with Gasteiger partial charge < -0.3 is 10.5 Å². The van der Waals surface area contributed by atoms with Crippen molar-refractivity contribution in [3.63, 3.8) is 0 Å². The number of nitrogens with zero attached hydrogens (tertiary/aromatic N) is 1. The molecule has 0 aliphatic carbocycles. The molecule has 18 heavy (non-hydrogen) atoms. The summed E-state index contributed by atoms with van der Waals surface area (Å²) in [6.07, 6.45) is 1.15. The molecular weight excluding hydrogens is 231 g/mol. The molecule has 1 aliphatic heterocycles. The molecule has 2 atom stereocenters. The first-order valence-corrected chi connectivity index (χ1v) is 6.52. The molecule has 1 saturated heterocycles. The molecule has 0 spiro atoms. The van der Waals surface area contributed by atoms with Crippen molar-refractivity contribution in [2.24, 2.45) is 11.7 Å². The zero-order valence-electron chi connectivity index (χ0n) is 10.8. The van der Waals surface area contributed by atoms with Crippen molar-refractivity contribution in [3.05, 3.63) is 30.1 Å². The Morgan fingerprint density at radius 2 is 2.28 bits per heavy atom. The zero-order valence-corrected chi connectivity index (χ0v) is 10.8. The second-order valence-electron chi connectivity index (χ2n) is 4.99. The minimum atomic E-state index is -0.299. The summed E-state index contributed by atoms with van der Waals surface area (Å²) >= 11 is 0. The number of rotatable bonds is 5. The van der Waals surface area contributed by atoms with Crippen LogP contribution in [0.15, 0.2) is 24.3 Å². The molecule has 100 valence electrons. The first-order chi connectivity index (χ1) is 8.66. The number of para-hydroxylation sites is 1. The predicted octanol–water partition coefficient (Wildman–Crippen LogP) is 1.87. The molecule has 1 aliphatic rings. The van der Waals surface area contributed by atoms with Crippen LogP contribution in [0.25, 0.3) is 0 Å². The molecule has 0 amide bonds. The number of nitrogens with two attached hydrogens (primary N) is 1. The maximum absolute atomic E-state index is 13.3. The quantitative estimate of drug-likeness (QED) is 0.869. The van der Waals surface area contributed by atoms with Gasteiger partial charge in [0.2, 0.25) is 0 Å². The summed E-state index contributed by atoms with van der Waals surface area (Å²) in [5, 5.41) is 0. The van der Waals surface area contributed by atoms with E-state index in [2.05, 4.69) is 11.8 Å². The summed E-state index contributed by atoms with van der Waals surface area (Å²) in [4.78, 5) is 2.33. The Balaban J connectivity index is 1.72. The van der Waals surface area contributed by atoms with Gasteiger partial charge in [0.05, 0.1) is 0 Å². The van der Waals surface area contributed by atoms with Crippen LogP contribution in [-0.2, 0) is 0 Å². The standard InChI is InChI=1S/C14H21FN2O/c1-11(16)12-6-7-17(10-12)8-9-18-14-5-3-2-4-13(14)15/h2-5,11-12H,6-10,16H2,1H3. The molecule has 0 saturated carbocycles. The van der Waals surface area contributed by atoms with E-state index in [0.29, 0.717) is 18.3 Å². The fourth-order valence-electron chi connectivity index (χ4n) is 2.34. The van der Waals surface area contributed by atoms with Crippen LogP contribution in [-0.4, -0.2) is 37.2 Å². The van der Waals surface area contributed by atoms with Gasteiger partial charge in [0.15, 0.2) is 11.6 Å². The van der Waals surface area contributed by atoms with E-state index in [4.69, 9.17) is 10.5 Å². The van der Waals surface area contributed by atoms with Gasteiger partial charge in [-0.1, -0.05) is 12.1 Å². The summed E-state index contributed by atoms with van der Waals surface area (Å²) in [6, 6.07) is 6.76. The average Bonchev–Trinajstić information content (AvgIpc) is 2.80. The third-order valence-corrected chi connectivity index (χ3v) is 3.55. The smallest absolute Gasteiger partial charge is 0.165 e. The van der Waals surface area contributed by atoms with E-state index in [0.717, 1.165) is 26.1 Å². The molecule has 3 nitrogen and oxygen atoms in total. The molecule has 2 rings (SSSR count). The lowest BCUT2D eigenvalue weighted by atomic mass is 10.0. The maximum atomic E-state index is 13.3. The number of likely N-dealkylation sites (tertiary alicyclic amines) is 1. The van der Waals surface area contributed by atoms with E-state index in [1.165, 1.54) is 6.07 Å². The molecule has 1 aromatic rings. The van der Waals surface area contributed by atoms with Crippen LogP contribution in [0.3, 0.4) is 0 Å². The zero-order chi connectivity index (χ0) is 13.0. The van der Waals surface area contributed by atoms with Crippen LogP contribution in [0.5, 0.6) is 5.75 Å². The van der Waals surface area contributed by atoms with Crippen LogP contribution in [0.2, 0.25) is 0 Å². The monoisotopic (exact) mass is 252 g/mol. The highest BCUT2D eigenvalue weighted by atomic mass is 19.1. The van der Waals surface area contributed by atoms with Crippen molar-refractivity contribution in [2.75, 3.05) is 26.2 Å². The lowest BCUT2D eigenvalue weighted by Gasteiger charge is -2.18. The Morgan fingerprint density at radius 1 is 1.50 bits per heavy atom. The largest absolute Gasteiger partial charge is 0.489 e. The normalized spacial score (nSPS) is 22.1. The number of hydrogen-bond donors (Lipinski definition) is 1. The molecule has 0 bridgehead atoms. The SMILES string of the molecule is CC(N)C1CCN(CCOc2ccccc2F)C1. The first kappa shape index (κ1) is 13.3. The van der Waals surface area contributed by atoms with Crippen molar-refractivity contribution >= 4 is 0 Å². The Bertz CT molecular complexity index is 384. The summed E-state index contributed by atoms with van der Waals surface area (Å²) in [5.41, 5.74) is 5.89. The number of halogens is 1. The van der Waals surface area contributed by atoms with Gasteiger partial charge in [-0.05, 0) is 37.9 Å². The van der Waals surface area contributed by atoms with E-state index in [1.807, 2.05) is 0 Å². The highest BCUT2D eigenvalue weighted by Gasteiger charge is 2.24. The fraction of sp³-hybridized carbons (Fsp3) is 0.571. The number of hydrogen-bond acceptors (Lipinski definition) is 3. The molecule has 0 aromatic heterocycles. The topological polar surface area (TPSA) is 38.5 Å². The van der Waals surface area contributed by atoms with Crippen molar-refractivity contribution in [3.8, 4) is 5.75 Å². The highest BCUT2D eigenvalue weighted by Crippen LogP contribution is 2.19. The number of benzene rings is 1. The lowest BCUT2D eigenvalue weighted by Crippen LogP contribution is -2.31. The van der Waals surface area contributed by atoms with Crippen LogP contribution in [0.1, 0.15) is 13.3 Å². The predicted molar refractivity (Wildman–Crippen MR) is 70.1 cm³/mol. The molecule has 2 N–H and O–H groups in total. The Morgan fingerprint density at radius 3 is 2.94 bits per heavy atom. The highest BCUT2D eigenvalue weighted by molar-refractivity contribution is 5.23. The van der Waals surface area contributed by atoms with Crippen LogP contribution in [0, 0.1) is 11.7 Å². The Hall–Kier alpha value is -1.13. The summed E-state index contributed by atoms with van der Waals surface area (Å²) in [5.74, 6) is 0.617. The second kappa shape index (κ2) is 6.16. The minimum absolute atomic E-state index is 0.252. The summed E-state index contributed by atoms with van der Waals surface area (Å²) in [7, 11) is 0. The van der Waals surface area contributed by atoms with E-state index in [-0.39, 0.29) is 11.9 Å². The third-order valence-electron chi connectivity index (χ3n) is 3.55. The van der Waals surface area contributed by atoms with E-state index >= 15 is 0 Å². The van der Waals surface area contributed by atoms with Crippen LogP contribution >= 0.6 is 0 Å². The molecule has 1 aromatic carbocycles. The number of ether oxygens (including phenoxy) is 1. The van der Waals surface area contributed by atoms with Crippen molar-refractivity contribution in [1.82, 2.24) is 4.90 Å². The van der Waals surface area contributed by atoms with Crippen molar-refractivity contribution in [2.45, 2.75) is 19.4 Å². The summed E-state index contributed by atoms with van der Waals surface area (Å²) in [6.45, 7) is 5.50. The maximum Gasteiger partial charge on any atom is 0.165 e. The van der Waals surface area contributed by atoms with Gasteiger partial charge in [-0.3, -0.25) is 4.90 Å². The van der Waals surface area contributed by atoms with E-state index < -0.39 is 0 Å². The van der Waals surface area contributed by atoms with Crippen LogP contribution in [0.4, 0.5) is 4.39 Å². The van der Waals surface area contributed by atoms with Gasteiger partial charge in [-0.15, -0.1) is 0 Å². The van der Waals surface area contributed by atoms with Gasteiger partial charge in [0.25, 0.3) is 0 Å². The minimum Gasteiger partial charge on any atom is -0.489 e. The van der Waals surface area contributed by atoms with E-state index in [9.17, 15) is 4.39 Å². The first-order valence-electron chi connectivity index (χ1n) is 6.52. The third kappa shape index (κ3) is 3.43. The molecular formula is C14H21FN2O. The second-order valence-corrected chi connectivity index (χ2v) is 4.99. The van der Waals surface area contributed by atoms with Gasteiger partial charge in [-0.2, -0.15) is 0 Å².